The molecule has 5 nitrogen and oxygen atoms in total. The van der Waals surface area contributed by atoms with Crippen molar-refractivity contribution in [2.75, 3.05) is 19.8 Å². The first kappa shape index (κ1) is 15.4. The number of ether oxygens (including phenoxy) is 1. The van der Waals surface area contributed by atoms with Crippen LogP contribution in [0.4, 0.5) is 4.39 Å². The van der Waals surface area contributed by atoms with Crippen LogP contribution in [0.25, 0.3) is 0 Å². The molecular formula is C13H18FNO4S. The lowest BCUT2D eigenvalue weighted by atomic mass is 10.1. The van der Waals surface area contributed by atoms with E-state index in [2.05, 4.69) is 4.72 Å². The Morgan fingerprint density at radius 1 is 1.45 bits per heavy atom. The summed E-state index contributed by atoms with van der Waals surface area (Å²) in [5, 5.41) is 8.87. The van der Waals surface area contributed by atoms with Gasteiger partial charge in [-0.2, -0.15) is 0 Å². The van der Waals surface area contributed by atoms with E-state index in [-0.39, 0.29) is 13.2 Å². The van der Waals surface area contributed by atoms with Crippen molar-refractivity contribution in [3.8, 4) is 0 Å². The third-order valence-electron chi connectivity index (χ3n) is 3.34. The molecule has 1 aromatic carbocycles. The topological polar surface area (TPSA) is 75.6 Å². The second-order valence-electron chi connectivity index (χ2n) is 4.84. The molecule has 1 aliphatic rings. The van der Waals surface area contributed by atoms with Gasteiger partial charge in [0.05, 0.1) is 6.61 Å². The molecule has 0 amide bonds. The third-order valence-corrected chi connectivity index (χ3v) is 4.83. The molecule has 1 aliphatic heterocycles. The molecule has 1 unspecified atom stereocenters. The molecule has 0 bridgehead atoms. The number of sulfonamides is 1. The molecule has 0 aromatic heterocycles. The molecule has 1 atom stereocenters. The highest BCUT2D eigenvalue weighted by Crippen LogP contribution is 2.18. The summed E-state index contributed by atoms with van der Waals surface area (Å²) in [6.07, 6.45) is 1.61. The average molecular weight is 303 g/mol. The zero-order valence-electron chi connectivity index (χ0n) is 11.0. The lowest BCUT2D eigenvalue weighted by molar-refractivity contribution is 0.184. The second-order valence-corrected chi connectivity index (χ2v) is 6.57. The molecule has 1 aromatic rings. The van der Waals surface area contributed by atoms with Crippen LogP contribution in [0.5, 0.6) is 0 Å². The van der Waals surface area contributed by atoms with Crippen LogP contribution in [-0.2, 0) is 21.4 Å². The summed E-state index contributed by atoms with van der Waals surface area (Å²) in [6, 6.07) is 3.59. The number of halogens is 1. The van der Waals surface area contributed by atoms with Gasteiger partial charge in [0, 0.05) is 19.8 Å². The maximum Gasteiger partial charge on any atom is 0.243 e. The van der Waals surface area contributed by atoms with E-state index in [1.165, 1.54) is 12.1 Å². The van der Waals surface area contributed by atoms with Gasteiger partial charge in [-0.1, -0.05) is 6.07 Å². The van der Waals surface area contributed by atoms with Gasteiger partial charge in [-0.3, -0.25) is 0 Å². The minimum absolute atomic E-state index is 0.261. The van der Waals surface area contributed by atoms with Gasteiger partial charge in [0.15, 0.2) is 0 Å². The van der Waals surface area contributed by atoms with Gasteiger partial charge in [-0.05, 0) is 36.5 Å². The quantitative estimate of drug-likeness (QED) is 0.823. The lowest BCUT2D eigenvalue weighted by Crippen LogP contribution is -2.27. The van der Waals surface area contributed by atoms with E-state index in [4.69, 9.17) is 9.84 Å². The number of nitrogens with one attached hydrogen (secondary N) is 1. The van der Waals surface area contributed by atoms with E-state index < -0.39 is 20.7 Å². The minimum atomic E-state index is -3.86. The normalized spacial score (nSPS) is 19.4. The molecule has 7 heteroatoms. The van der Waals surface area contributed by atoms with Gasteiger partial charge in [-0.15, -0.1) is 0 Å². The van der Waals surface area contributed by atoms with Crippen LogP contribution in [0.2, 0.25) is 0 Å². The number of benzene rings is 1. The summed E-state index contributed by atoms with van der Waals surface area (Å²) in [6.45, 7) is 1.31. The average Bonchev–Trinajstić information content (AvgIpc) is 2.91. The SMILES string of the molecule is O=S(=O)(NCCC1CCOC1)c1ccc(CO)cc1F. The fourth-order valence-electron chi connectivity index (χ4n) is 2.15. The van der Waals surface area contributed by atoms with Gasteiger partial charge in [0.25, 0.3) is 0 Å². The van der Waals surface area contributed by atoms with E-state index in [9.17, 15) is 12.8 Å². The zero-order valence-corrected chi connectivity index (χ0v) is 11.8. The summed E-state index contributed by atoms with van der Waals surface area (Å²) in [5.41, 5.74) is 0.338. The first-order valence-corrected chi connectivity index (χ1v) is 7.98. The molecule has 112 valence electrons. The second kappa shape index (κ2) is 6.62. The van der Waals surface area contributed by atoms with E-state index >= 15 is 0 Å². The van der Waals surface area contributed by atoms with Gasteiger partial charge in [0.1, 0.15) is 10.7 Å². The standard InChI is InChI=1S/C13H18FNO4S/c14-12-7-11(8-16)1-2-13(12)20(17,18)15-5-3-10-4-6-19-9-10/h1-2,7,10,15-16H,3-6,8-9H2. The first-order valence-electron chi connectivity index (χ1n) is 6.49. The van der Waals surface area contributed by atoms with Crippen molar-refractivity contribution in [1.82, 2.24) is 4.72 Å². The molecule has 0 aliphatic carbocycles. The molecule has 0 saturated carbocycles. The first-order chi connectivity index (χ1) is 9.53. The highest BCUT2D eigenvalue weighted by atomic mass is 32.2. The van der Waals surface area contributed by atoms with E-state index in [0.29, 0.717) is 31.1 Å². The highest BCUT2D eigenvalue weighted by Gasteiger charge is 2.20. The number of hydrogen-bond acceptors (Lipinski definition) is 4. The molecule has 1 fully saturated rings. The van der Waals surface area contributed by atoms with Crippen molar-refractivity contribution in [3.05, 3.63) is 29.6 Å². The molecular weight excluding hydrogens is 285 g/mol. The third kappa shape index (κ3) is 3.76. The largest absolute Gasteiger partial charge is 0.392 e. The Morgan fingerprint density at radius 2 is 2.25 bits per heavy atom. The van der Waals surface area contributed by atoms with Crippen LogP contribution in [0, 0.1) is 11.7 Å². The van der Waals surface area contributed by atoms with E-state index in [0.717, 1.165) is 12.5 Å². The molecule has 2 N–H and O–H groups in total. The fourth-order valence-corrected chi connectivity index (χ4v) is 3.25. The van der Waals surface area contributed by atoms with Gasteiger partial charge >= 0.3 is 0 Å². The van der Waals surface area contributed by atoms with Crippen LogP contribution in [-0.4, -0.2) is 33.3 Å². The molecule has 20 heavy (non-hydrogen) atoms. The van der Waals surface area contributed by atoms with E-state index in [1.54, 1.807) is 0 Å². The van der Waals surface area contributed by atoms with Crippen molar-refractivity contribution < 1.29 is 22.7 Å². The van der Waals surface area contributed by atoms with Crippen molar-refractivity contribution >= 4 is 10.0 Å². The van der Waals surface area contributed by atoms with Crippen LogP contribution in [0.1, 0.15) is 18.4 Å². The van der Waals surface area contributed by atoms with Crippen molar-refractivity contribution in [2.24, 2.45) is 5.92 Å². The zero-order chi connectivity index (χ0) is 14.6. The maximum atomic E-state index is 13.7. The van der Waals surface area contributed by atoms with Crippen molar-refractivity contribution in [1.29, 1.82) is 0 Å². The number of hydrogen-bond donors (Lipinski definition) is 2. The Labute approximate surface area is 117 Å². The summed E-state index contributed by atoms with van der Waals surface area (Å²) in [5.74, 6) is -0.493. The monoisotopic (exact) mass is 303 g/mol. The highest BCUT2D eigenvalue weighted by molar-refractivity contribution is 7.89. The number of rotatable bonds is 6. The fraction of sp³-hybridized carbons (Fsp3) is 0.538. The Bertz CT molecular complexity index is 555. The molecule has 1 saturated heterocycles. The van der Waals surface area contributed by atoms with Gasteiger partial charge in [-0.25, -0.2) is 17.5 Å². The Kier molecular flexibility index (Phi) is 5.09. The van der Waals surface area contributed by atoms with Gasteiger partial charge < -0.3 is 9.84 Å². The predicted octanol–water partition coefficient (Wildman–Crippen LogP) is 1.02. The molecule has 0 radical (unpaired) electrons. The van der Waals surface area contributed by atoms with Crippen LogP contribution in [0.15, 0.2) is 23.1 Å². The van der Waals surface area contributed by atoms with E-state index in [1.807, 2.05) is 0 Å². The Balaban J connectivity index is 1.98. The van der Waals surface area contributed by atoms with Crippen LogP contribution >= 0.6 is 0 Å². The number of aliphatic hydroxyl groups is 1. The number of aliphatic hydroxyl groups excluding tert-OH is 1. The van der Waals surface area contributed by atoms with Crippen molar-refractivity contribution in [3.63, 3.8) is 0 Å². The van der Waals surface area contributed by atoms with Gasteiger partial charge in [0.2, 0.25) is 10.0 Å². The summed E-state index contributed by atoms with van der Waals surface area (Å²) in [7, 11) is -3.86. The Morgan fingerprint density at radius 3 is 2.85 bits per heavy atom. The summed E-state index contributed by atoms with van der Waals surface area (Å²) >= 11 is 0. The lowest BCUT2D eigenvalue weighted by Gasteiger charge is -2.10. The van der Waals surface area contributed by atoms with Crippen LogP contribution in [0.3, 0.4) is 0 Å². The minimum Gasteiger partial charge on any atom is -0.392 e. The smallest absolute Gasteiger partial charge is 0.243 e. The maximum absolute atomic E-state index is 13.7. The summed E-state index contributed by atoms with van der Waals surface area (Å²) in [4.78, 5) is -0.391. The molecule has 2 rings (SSSR count). The summed E-state index contributed by atoms with van der Waals surface area (Å²) < 4.78 is 45.3. The Hall–Kier alpha value is -1.02. The predicted molar refractivity (Wildman–Crippen MR) is 71.1 cm³/mol. The molecule has 0 spiro atoms. The molecule has 1 heterocycles. The van der Waals surface area contributed by atoms with Crippen LogP contribution < -0.4 is 4.72 Å². The van der Waals surface area contributed by atoms with Crippen molar-refractivity contribution in [2.45, 2.75) is 24.3 Å².